The summed E-state index contributed by atoms with van der Waals surface area (Å²) in [7, 11) is 0. The number of nitrogens with one attached hydrogen (secondary N) is 1. The van der Waals surface area contributed by atoms with Gasteiger partial charge in [-0.1, -0.05) is 18.2 Å². The van der Waals surface area contributed by atoms with Crippen LogP contribution in [0, 0.1) is 12.3 Å². The fraction of sp³-hybridized carbons (Fsp3) is 0.231. The first-order chi connectivity index (χ1) is 8.66. The highest BCUT2D eigenvalue weighted by Gasteiger charge is 2.09. The maximum absolute atomic E-state index is 7.42. The van der Waals surface area contributed by atoms with Gasteiger partial charge in [0.15, 0.2) is 0 Å². The minimum Gasteiger partial charge on any atom is -0.493 e. The fourth-order valence-corrected chi connectivity index (χ4v) is 2.49. The zero-order valence-corrected chi connectivity index (χ0v) is 11.0. The van der Waals surface area contributed by atoms with E-state index in [1.165, 1.54) is 11.3 Å². The number of nitrogens with zero attached hydrogens (tertiary/aromatic N) is 1. The minimum atomic E-state index is 0.0835. The summed E-state index contributed by atoms with van der Waals surface area (Å²) >= 11 is 1.46. The highest BCUT2D eigenvalue weighted by molar-refractivity contribution is 7.13. The molecule has 3 N–H and O–H groups in total. The molecule has 0 amide bonds. The fourth-order valence-electron chi connectivity index (χ4n) is 1.58. The van der Waals surface area contributed by atoms with Gasteiger partial charge in [-0.15, -0.1) is 11.3 Å². The van der Waals surface area contributed by atoms with E-state index >= 15 is 0 Å². The standard InChI is InChI=1S/C13H15N3OS/c1-9-12(13(14)15)18-11(16-9)7-8-17-10-5-3-2-4-6-10/h2-6H,7-8H2,1H3,(H3,14,15). The van der Waals surface area contributed by atoms with E-state index in [9.17, 15) is 0 Å². The molecule has 1 heterocycles. The van der Waals surface area contributed by atoms with Crippen molar-refractivity contribution in [1.29, 1.82) is 5.41 Å². The molecule has 0 radical (unpaired) electrons. The van der Waals surface area contributed by atoms with E-state index in [0.29, 0.717) is 6.61 Å². The van der Waals surface area contributed by atoms with Crippen molar-refractivity contribution in [3.05, 3.63) is 45.9 Å². The Balaban J connectivity index is 1.91. The zero-order chi connectivity index (χ0) is 13.0. The van der Waals surface area contributed by atoms with Gasteiger partial charge in [0, 0.05) is 6.42 Å². The van der Waals surface area contributed by atoms with Crippen LogP contribution in [0.1, 0.15) is 15.6 Å². The Morgan fingerprint density at radius 2 is 2.11 bits per heavy atom. The van der Waals surface area contributed by atoms with Crippen LogP contribution in [0.4, 0.5) is 0 Å². The Bertz CT molecular complexity index is 536. The van der Waals surface area contributed by atoms with Gasteiger partial charge in [0.05, 0.1) is 22.2 Å². The SMILES string of the molecule is Cc1nc(CCOc2ccccc2)sc1C(=N)N. The van der Waals surface area contributed by atoms with Gasteiger partial charge in [0.1, 0.15) is 11.6 Å². The molecule has 0 spiro atoms. The minimum absolute atomic E-state index is 0.0835. The van der Waals surface area contributed by atoms with E-state index in [4.69, 9.17) is 15.9 Å². The number of hydrogen-bond acceptors (Lipinski definition) is 4. The quantitative estimate of drug-likeness (QED) is 0.641. The molecule has 94 valence electrons. The van der Waals surface area contributed by atoms with E-state index < -0.39 is 0 Å². The normalized spacial score (nSPS) is 10.3. The van der Waals surface area contributed by atoms with Crippen LogP contribution in [0.3, 0.4) is 0 Å². The lowest BCUT2D eigenvalue weighted by atomic mass is 10.3. The van der Waals surface area contributed by atoms with Crippen molar-refractivity contribution in [3.8, 4) is 5.75 Å². The van der Waals surface area contributed by atoms with Crippen LogP contribution < -0.4 is 10.5 Å². The number of aromatic nitrogens is 1. The summed E-state index contributed by atoms with van der Waals surface area (Å²) in [5, 5.41) is 8.37. The van der Waals surface area contributed by atoms with E-state index in [2.05, 4.69) is 4.98 Å². The summed E-state index contributed by atoms with van der Waals surface area (Å²) in [6.45, 7) is 2.45. The number of ether oxygens (including phenoxy) is 1. The van der Waals surface area contributed by atoms with Crippen molar-refractivity contribution in [2.24, 2.45) is 5.73 Å². The monoisotopic (exact) mass is 261 g/mol. The number of rotatable bonds is 5. The molecule has 0 saturated carbocycles. The first-order valence-corrected chi connectivity index (χ1v) is 6.47. The second kappa shape index (κ2) is 5.64. The molecule has 0 fully saturated rings. The summed E-state index contributed by atoms with van der Waals surface area (Å²) in [5.41, 5.74) is 6.29. The Morgan fingerprint density at radius 3 is 2.72 bits per heavy atom. The van der Waals surface area contributed by atoms with Crippen LogP contribution in [-0.4, -0.2) is 17.4 Å². The largest absolute Gasteiger partial charge is 0.493 e. The maximum Gasteiger partial charge on any atom is 0.135 e. The van der Waals surface area contributed by atoms with Gasteiger partial charge in [-0.2, -0.15) is 0 Å². The van der Waals surface area contributed by atoms with Gasteiger partial charge >= 0.3 is 0 Å². The van der Waals surface area contributed by atoms with Gasteiger partial charge in [-0.25, -0.2) is 4.98 Å². The van der Waals surface area contributed by atoms with Gasteiger partial charge in [0.2, 0.25) is 0 Å². The number of benzene rings is 1. The molecule has 1 aromatic heterocycles. The second-order valence-electron chi connectivity index (χ2n) is 3.85. The number of para-hydroxylation sites is 1. The third kappa shape index (κ3) is 3.07. The van der Waals surface area contributed by atoms with Crippen molar-refractivity contribution in [2.45, 2.75) is 13.3 Å². The average molecular weight is 261 g/mol. The van der Waals surface area contributed by atoms with Crippen molar-refractivity contribution < 1.29 is 4.74 Å². The van der Waals surface area contributed by atoms with Crippen molar-refractivity contribution >= 4 is 17.2 Å². The molecule has 4 nitrogen and oxygen atoms in total. The van der Waals surface area contributed by atoms with Gasteiger partial charge < -0.3 is 10.5 Å². The summed E-state index contributed by atoms with van der Waals surface area (Å²) in [6.07, 6.45) is 0.730. The molecule has 0 atom stereocenters. The molecule has 0 bridgehead atoms. The molecule has 0 unspecified atom stereocenters. The Labute approximate surface area is 110 Å². The number of aryl methyl sites for hydroxylation is 1. The first kappa shape index (κ1) is 12.6. The average Bonchev–Trinajstić information content (AvgIpc) is 2.72. The molecule has 2 rings (SSSR count). The number of nitrogen functional groups attached to an aromatic ring is 1. The van der Waals surface area contributed by atoms with Crippen molar-refractivity contribution in [3.63, 3.8) is 0 Å². The molecular weight excluding hydrogens is 246 g/mol. The van der Waals surface area contributed by atoms with E-state index in [-0.39, 0.29) is 5.84 Å². The molecule has 1 aromatic carbocycles. The topological polar surface area (TPSA) is 72.0 Å². The van der Waals surface area contributed by atoms with Crippen molar-refractivity contribution in [1.82, 2.24) is 4.98 Å². The molecule has 5 heteroatoms. The third-order valence-electron chi connectivity index (χ3n) is 2.41. The maximum atomic E-state index is 7.42. The van der Waals surface area contributed by atoms with Crippen LogP contribution >= 0.6 is 11.3 Å². The molecule has 0 aliphatic heterocycles. The van der Waals surface area contributed by atoms with Crippen LogP contribution in [0.15, 0.2) is 30.3 Å². The lowest BCUT2D eigenvalue weighted by molar-refractivity contribution is 0.321. The van der Waals surface area contributed by atoms with Crippen LogP contribution in [0.5, 0.6) is 5.75 Å². The van der Waals surface area contributed by atoms with Crippen LogP contribution in [-0.2, 0) is 6.42 Å². The predicted octanol–water partition coefficient (Wildman–Crippen LogP) is 2.36. The van der Waals surface area contributed by atoms with Crippen molar-refractivity contribution in [2.75, 3.05) is 6.61 Å². The summed E-state index contributed by atoms with van der Waals surface area (Å²) in [4.78, 5) is 5.14. The third-order valence-corrected chi connectivity index (χ3v) is 3.66. The summed E-state index contributed by atoms with van der Waals surface area (Å²) in [5.74, 6) is 0.942. The predicted molar refractivity (Wildman–Crippen MR) is 73.5 cm³/mol. The van der Waals surface area contributed by atoms with Crippen LogP contribution in [0.2, 0.25) is 0 Å². The van der Waals surface area contributed by atoms with Gasteiger partial charge in [-0.3, -0.25) is 5.41 Å². The first-order valence-electron chi connectivity index (χ1n) is 5.65. The van der Waals surface area contributed by atoms with E-state index in [1.807, 2.05) is 37.3 Å². The van der Waals surface area contributed by atoms with Crippen LogP contribution in [0.25, 0.3) is 0 Å². The molecule has 18 heavy (non-hydrogen) atoms. The summed E-state index contributed by atoms with van der Waals surface area (Å²) < 4.78 is 5.60. The number of hydrogen-bond donors (Lipinski definition) is 2. The number of thiazole rings is 1. The number of amidine groups is 1. The highest BCUT2D eigenvalue weighted by atomic mass is 32.1. The highest BCUT2D eigenvalue weighted by Crippen LogP contribution is 2.18. The zero-order valence-electron chi connectivity index (χ0n) is 10.1. The Kier molecular flexibility index (Phi) is 3.94. The molecule has 0 aliphatic rings. The Hall–Kier alpha value is -1.88. The second-order valence-corrected chi connectivity index (χ2v) is 4.93. The van der Waals surface area contributed by atoms with Gasteiger partial charge in [0.25, 0.3) is 0 Å². The Morgan fingerprint density at radius 1 is 1.39 bits per heavy atom. The molecular formula is C13H15N3OS. The lowest BCUT2D eigenvalue weighted by Gasteiger charge is -2.03. The number of nitrogens with two attached hydrogens (primary N) is 1. The van der Waals surface area contributed by atoms with E-state index in [1.54, 1.807) is 0 Å². The smallest absolute Gasteiger partial charge is 0.135 e. The van der Waals surface area contributed by atoms with E-state index in [0.717, 1.165) is 27.7 Å². The molecule has 2 aromatic rings. The van der Waals surface area contributed by atoms with Gasteiger partial charge in [-0.05, 0) is 19.1 Å². The molecule has 0 saturated heterocycles. The summed E-state index contributed by atoms with van der Waals surface area (Å²) in [6, 6.07) is 9.69. The lowest BCUT2D eigenvalue weighted by Crippen LogP contribution is -2.10. The molecule has 0 aliphatic carbocycles.